The molecule has 1 saturated carbocycles. The molecular formula is C13H22O4. The first-order valence-electron chi connectivity index (χ1n) is 6.40. The van der Waals surface area contributed by atoms with Gasteiger partial charge in [0, 0.05) is 0 Å². The minimum Gasteiger partial charge on any atom is -0.481 e. The summed E-state index contributed by atoms with van der Waals surface area (Å²) in [4.78, 5) is 22.7. The van der Waals surface area contributed by atoms with Crippen molar-refractivity contribution in [3.63, 3.8) is 0 Å². The molecule has 0 radical (unpaired) electrons. The van der Waals surface area contributed by atoms with Gasteiger partial charge in [-0.05, 0) is 18.3 Å². The highest BCUT2D eigenvalue weighted by molar-refractivity contribution is 5.93. The molecule has 1 fully saturated rings. The second-order valence-corrected chi connectivity index (χ2v) is 5.30. The van der Waals surface area contributed by atoms with Gasteiger partial charge in [-0.2, -0.15) is 0 Å². The van der Waals surface area contributed by atoms with Crippen LogP contribution in [0.5, 0.6) is 0 Å². The van der Waals surface area contributed by atoms with Crippen LogP contribution in [0, 0.1) is 17.8 Å². The number of hydrogen-bond donors (Lipinski definition) is 1. The maximum absolute atomic E-state index is 11.7. The van der Waals surface area contributed by atoms with Crippen LogP contribution < -0.4 is 0 Å². The SMILES string of the molecule is CC(C)COC(=O)[C@@H](CC1CCCC1)C(=O)O. The van der Waals surface area contributed by atoms with Crippen molar-refractivity contribution in [2.24, 2.45) is 17.8 Å². The number of aliphatic carboxylic acids is 1. The lowest BCUT2D eigenvalue weighted by molar-refractivity contribution is -0.160. The molecule has 1 aliphatic rings. The van der Waals surface area contributed by atoms with Gasteiger partial charge in [0.05, 0.1) is 6.61 Å². The number of carboxylic acids is 1. The van der Waals surface area contributed by atoms with E-state index in [-0.39, 0.29) is 5.92 Å². The zero-order valence-electron chi connectivity index (χ0n) is 10.6. The van der Waals surface area contributed by atoms with Crippen LogP contribution in [-0.4, -0.2) is 23.7 Å². The minimum atomic E-state index is -1.05. The third-order valence-corrected chi connectivity index (χ3v) is 3.19. The van der Waals surface area contributed by atoms with Crippen molar-refractivity contribution in [1.29, 1.82) is 0 Å². The minimum absolute atomic E-state index is 0.236. The first kappa shape index (κ1) is 14.0. The summed E-state index contributed by atoms with van der Waals surface area (Å²) in [7, 11) is 0. The van der Waals surface area contributed by atoms with Gasteiger partial charge in [-0.25, -0.2) is 0 Å². The number of rotatable bonds is 6. The van der Waals surface area contributed by atoms with E-state index in [1.54, 1.807) is 0 Å². The zero-order chi connectivity index (χ0) is 12.8. The molecule has 0 aromatic rings. The van der Waals surface area contributed by atoms with Crippen LogP contribution in [0.3, 0.4) is 0 Å². The molecule has 17 heavy (non-hydrogen) atoms. The van der Waals surface area contributed by atoms with Crippen LogP contribution >= 0.6 is 0 Å². The van der Waals surface area contributed by atoms with Gasteiger partial charge in [0.2, 0.25) is 0 Å². The van der Waals surface area contributed by atoms with Gasteiger partial charge in [-0.3, -0.25) is 9.59 Å². The van der Waals surface area contributed by atoms with Crippen molar-refractivity contribution in [2.45, 2.75) is 46.0 Å². The molecule has 1 atom stereocenters. The molecule has 0 bridgehead atoms. The smallest absolute Gasteiger partial charge is 0.320 e. The van der Waals surface area contributed by atoms with Crippen molar-refractivity contribution in [2.75, 3.05) is 6.61 Å². The largest absolute Gasteiger partial charge is 0.481 e. The molecule has 0 aliphatic heterocycles. The van der Waals surface area contributed by atoms with Gasteiger partial charge in [0.1, 0.15) is 0 Å². The summed E-state index contributed by atoms with van der Waals surface area (Å²) in [6, 6.07) is 0. The molecule has 4 heteroatoms. The standard InChI is InChI=1S/C13H22O4/c1-9(2)8-17-13(16)11(12(14)15)7-10-5-3-4-6-10/h9-11H,3-8H2,1-2H3,(H,14,15)/t11-/m0/s1. The maximum Gasteiger partial charge on any atom is 0.320 e. The van der Waals surface area contributed by atoms with Crippen molar-refractivity contribution in [3.8, 4) is 0 Å². The monoisotopic (exact) mass is 242 g/mol. The Morgan fingerprint density at radius 1 is 1.29 bits per heavy atom. The average molecular weight is 242 g/mol. The van der Waals surface area contributed by atoms with E-state index in [1.165, 1.54) is 0 Å². The Labute approximate surface area is 102 Å². The highest BCUT2D eigenvalue weighted by Gasteiger charge is 2.32. The van der Waals surface area contributed by atoms with Crippen LogP contribution in [0.2, 0.25) is 0 Å². The summed E-state index contributed by atoms with van der Waals surface area (Å²) in [5, 5.41) is 9.07. The summed E-state index contributed by atoms with van der Waals surface area (Å²) in [6.45, 7) is 4.16. The highest BCUT2D eigenvalue weighted by atomic mass is 16.5. The number of carbonyl (C=O) groups is 2. The van der Waals surface area contributed by atoms with Crippen LogP contribution in [-0.2, 0) is 14.3 Å². The first-order valence-corrected chi connectivity index (χ1v) is 6.40. The van der Waals surface area contributed by atoms with Gasteiger partial charge in [0.15, 0.2) is 5.92 Å². The van der Waals surface area contributed by atoms with E-state index in [1.807, 2.05) is 13.8 Å². The molecule has 1 rings (SSSR count). The van der Waals surface area contributed by atoms with Crippen molar-refractivity contribution in [1.82, 2.24) is 0 Å². The predicted octanol–water partition coefficient (Wildman–Crippen LogP) is 2.47. The number of carbonyl (C=O) groups excluding carboxylic acids is 1. The summed E-state index contributed by atoms with van der Waals surface area (Å²) >= 11 is 0. The number of ether oxygens (including phenoxy) is 1. The topological polar surface area (TPSA) is 63.6 Å². The molecule has 0 amide bonds. The Kier molecular flexibility index (Phi) is 5.45. The highest BCUT2D eigenvalue weighted by Crippen LogP contribution is 2.30. The molecular weight excluding hydrogens is 220 g/mol. The van der Waals surface area contributed by atoms with E-state index in [4.69, 9.17) is 9.84 Å². The van der Waals surface area contributed by atoms with E-state index in [0.717, 1.165) is 25.7 Å². The lowest BCUT2D eigenvalue weighted by atomic mass is 9.93. The fourth-order valence-electron chi connectivity index (χ4n) is 2.23. The van der Waals surface area contributed by atoms with E-state index in [0.29, 0.717) is 18.9 Å². The molecule has 0 heterocycles. The molecule has 1 N–H and O–H groups in total. The van der Waals surface area contributed by atoms with Gasteiger partial charge >= 0.3 is 11.9 Å². The third kappa shape index (κ3) is 4.75. The number of carboxylic acid groups (broad SMARTS) is 1. The number of esters is 1. The Morgan fingerprint density at radius 2 is 1.88 bits per heavy atom. The van der Waals surface area contributed by atoms with E-state index in [2.05, 4.69) is 0 Å². The summed E-state index contributed by atoms with van der Waals surface area (Å²) in [6.07, 6.45) is 4.82. The van der Waals surface area contributed by atoms with Crippen molar-refractivity contribution < 1.29 is 19.4 Å². The van der Waals surface area contributed by atoms with E-state index >= 15 is 0 Å². The molecule has 0 aromatic carbocycles. The predicted molar refractivity (Wildman–Crippen MR) is 63.5 cm³/mol. The Balaban J connectivity index is 2.46. The average Bonchev–Trinajstić information content (AvgIpc) is 2.74. The van der Waals surface area contributed by atoms with E-state index in [9.17, 15) is 9.59 Å². The number of hydrogen-bond acceptors (Lipinski definition) is 3. The van der Waals surface area contributed by atoms with Gasteiger partial charge in [0.25, 0.3) is 0 Å². The molecule has 0 spiro atoms. The van der Waals surface area contributed by atoms with Crippen molar-refractivity contribution in [3.05, 3.63) is 0 Å². The molecule has 4 nitrogen and oxygen atoms in total. The Bertz CT molecular complexity index is 267. The van der Waals surface area contributed by atoms with Gasteiger partial charge in [-0.1, -0.05) is 39.5 Å². The summed E-state index contributed by atoms with van der Waals surface area (Å²) in [5.74, 6) is -1.98. The molecule has 98 valence electrons. The van der Waals surface area contributed by atoms with Gasteiger partial charge < -0.3 is 9.84 Å². The van der Waals surface area contributed by atoms with Crippen LogP contribution in [0.1, 0.15) is 46.0 Å². The van der Waals surface area contributed by atoms with Crippen LogP contribution in [0.15, 0.2) is 0 Å². The molecule has 0 saturated heterocycles. The lowest BCUT2D eigenvalue weighted by Gasteiger charge is -2.16. The second kappa shape index (κ2) is 6.62. The summed E-state index contributed by atoms with van der Waals surface area (Å²) < 4.78 is 5.02. The maximum atomic E-state index is 11.7. The molecule has 0 aromatic heterocycles. The fraction of sp³-hybridized carbons (Fsp3) is 0.846. The quantitative estimate of drug-likeness (QED) is 0.574. The molecule has 1 aliphatic carbocycles. The fourth-order valence-corrected chi connectivity index (χ4v) is 2.23. The van der Waals surface area contributed by atoms with Crippen molar-refractivity contribution >= 4 is 11.9 Å². The van der Waals surface area contributed by atoms with Gasteiger partial charge in [-0.15, -0.1) is 0 Å². The summed E-state index contributed by atoms with van der Waals surface area (Å²) in [5.41, 5.74) is 0. The van der Waals surface area contributed by atoms with Crippen LogP contribution in [0.4, 0.5) is 0 Å². The Hall–Kier alpha value is -1.06. The lowest BCUT2D eigenvalue weighted by Crippen LogP contribution is -2.28. The second-order valence-electron chi connectivity index (χ2n) is 5.30. The van der Waals surface area contributed by atoms with Crippen LogP contribution in [0.25, 0.3) is 0 Å². The normalized spacial score (nSPS) is 18.3. The third-order valence-electron chi connectivity index (χ3n) is 3.19. The van der Waals surface area contributed by atoms with E-state index < -0.39 is 17.9 Å². The first-order chi connectivity index (χ1) is 8.00. The Morgan fingerprint density at radius 3 is 2.35 bits per heavy atom. The zero-order valence-corrected chi connectivity index (χ0v) is 10.6. The molecule has 0 unspecified atom stereocenters.